The summed E-state index contributed by atoms with van der Waals surface area (Å²) in [7, 11) is 1.50. The highest BCUT2D eigenvalue weighted by atomic mass is 19.4. The standard InChI is InChI=1S/C34H35F4N5O5/c1-32(2,3)48-30(44)41-17-14-33(35,15-18-41)20-43-25-8-6-5-7-23(25)27(40-43)24-13-16-39-29-26(24)28(34(36,37)38)47-31(45)42(29)19-21-9-11-22(46-4)12-10-21/h5-13,16,28H,14-15,17-20H2,1-4H3/t28-/m1/s1. The summed E-state index contributed by atoms with van der Waals surface area (Å²) in [5.41, 5.74) is -1.47. The van der Waals surface area contributed by atoms with E-state index in [0.29, 0.717) is 22.2 Å². The van der Waals surface area contributed by atoms with Gasteiger partial charge in [-0.15, -0.1) is 0 Å². The Morgan fingerprint density at radius 2 is 1.73 bits per heavy atom. The molecule has 10 nitrogen and oxygen atoms in total. The summed E-state index contributed by atoms with van der Waals surface area (Å²) in [6.07, 6.45) is -7.92. The minimum atomic E-state index is -4.96. The summed E-state index contributed by atoms with van der Waals surface area (Å²) in [5.74, 6) is 0.362. The number of rotatable bonds is 6. The number of carbonyl (C=O) groups is 2. The number of fused-ring (bicyclic) bond motifs is 2. The van der Waals surface area contributed by atoms with Crippen LogP contribution < -0.4 is 9.64 Å². The van der Waals surface area contributed by atoms with E-state index in [1.807, 2.05) is 0 Å². The lowest BCUT2D eigenvalue weighted by Gasteiger charge is -2.37. The van der Waals surface area contributed by atoms with Crippen molar-refractivity contribution in [1.82, 2.24) is 19.7 Å². The van der Waals surface area contributed by atoms with Crippen LogP contribution in [0.5, 0.6) is 5.75 Å². The molecule has 2 amide bonds. The molecule has 0 spiro atoms. The zero-order valence-corrected chi connectivity index (χ0v) is 26.9. The van der Waals surface area contributed by atoms with Gasteiger partial charge in [0.05, 0.1) is 31.3 Å². The fourth-order valence-electron chi connectivity index (χ4n) is 6.03. The Morgan fingerprint density at radius 1 is 1.04 bits per heavy atom. The molecule has 2 aliphatic heterocycles. The Morgan fingerprint density at radius 3 is 2.38 bits per heavy atom. The molecule has 2 aliphatic rings. The van der Waals surface area contributed by atoms with Crippen LogP contribution in [0.3, 0.4) is 0 Å². The molecule has 0 radical (unpaired) electrons. The van der Waals surface area contributed by atoms with Gasteiger partial charge >= 0.3 is 18.4 Å². The highest BCUT2D eigenvalue weighted by Crippen LogP contribution is 2.48. The smallest absolute Gasteiger partial charge is 0.430 e. The maximum atomic E-state index is 16.3. The van der Waals surface area contributed by atoms with Gasteiger partial charge in [0.25, 0.3) is 0 Å². The Labute approximate surface area is 274 Å². The van der Waals surface area contributed by atoms with Crippen molar-refractivity contribution in [2.45, 2.75) is 70.3 Å². The molecular formula is C34H35F4N5O5. The summed E-state index contributed by atoms with van der Waals surface area (Å²) >= 11 is 0. The van der Waals surface area contributed by atoms with E-state index in [2.05, 4.69) is 10.1 Å². The van der Waals surface area contributed by atoms with Crippen LogP contribution in [-0.4, -0.2) is 69.5 Å². The predicted octanol–water partition coefficient (Wildman–Crippen LogP) is 7.61. The monoisotopic (exact) mass is 669 g/mol. The third-order valence-electron chi connectivity index (χ3n) is 8.38. The number of methoxy groups -OCH3 is 1. The lowest BCUT2D eigenvalue weighted by molar-refractivity contribution is -0.207. The molecular weight excluding hydrogens is 634 g/mol. The summed E-state index contributed by atoms with van der Waals surface area (Å²) in [5, 5.41) is 5.16. The van der Waals surface area contributed by atoms with E-state index < -0.39 is 35.7 Å². The van der Waals surface area contributed by atoms with Gasteiger partial charge in [0.2, 0.25) is 6.10 Å². The van der Waals surface area contributed by atoms with Crippen molar-refractivity contribution in [3.8, 4) is 17.0 Å². The Bertz CT molecular complexity index is 1830. The third-order valence-corrected chi connectivity index (χ3v) is 8.38. The molecule has 0 aliphatic carbocycles. The van der Waals surface area contributed by atoms with Gasteiger partial charge < -0.3 is 19.1 Å². The van der Waals surface area contributed by atoms with E-state index in [9.17, 15) is 22.8 Å². The fourth-order valence-corrected chi connectivity index (χ4v) is 6.03. The molecule has 0 bridgehead atoms. The van der Waals surface area contributed by atoms with Crippen molar-refractivity contribution in [2.75, 3.05) is 25.1 Å². The summed E-state index contributed by atoms with van der Waals surface area (Å²) in [4.78, 5) is 32.3. The number of carbonyl (C=O) groups excluding carboxylic acids is 2. The number of amides is 2. The molecule has 0 N–H and O–H groups in total. The largest absolute Gasteiger partial charge is 0.497 e. The van der Waals surface area contributed by atoms with Crippen molar-refractivity contribution >= 4 is 28.9 Å². The van der Waals surface area contributed by atoms with Gasteiger partial charge in [-0.2, -0.15) is 18.3 Å². The van der Waals surface area contributed by atoms with Gasteiger partial charge in [-0.05, 0) is 50.6 Å². The number of nitrogens with zero attached hydrogens (tertiary/aromatic N) is 5. The lowest BCUT2D eigenvalue weighted by atomic mass is 9.93. The summed E-state index contributed by atoms with van der Waals surface area (Å²) < 4.78 is 77.1. The second kappa shape index (κ2) is 12.3. The third kappa shape index (κ3) is 6.60. The molecule has 0 saturated carbocycles. The van der Waals surface area contributed by atoms with Crippen molar-refractivity contribution in [3.05, 3.63) is 71.9 Å². The number of benzene rings is 2. The van der Waals surface area contributed by atoms with E-state index in [0.717, 1.165) is 4.90 Å². The Kier molecular flexibility index (Phi) is 8.46. The van der Waals surface area contributed by atoms with E-state index in [-0.39, 0.29) is 61.7 Å². The van der Waals surface area contributed by atoms with Crippen LogP contribution in [0.2, 0.25) is 0 Å². The number of pyridine rings is 1. The van der Waals surface area contributed by atoms with Crippen LogP contribution in [0, 0.1) is 0 Å². The average molecular weight is 670 g/mol. The quantitative estimate of drug-likeness (QED) is 0.195. The van der Waals surface area contributed by atoms with E-state index in [1.165, 1.54) is 29.0 Å². The number of hydrogen-bond donors (Lipinski definition) is 0. The molecule has 2 aromatic carbocycles. The van der Waals surface area contributed by atoms with Crippen molar-refractivity contribution < 1.29 is 41.4 Å². The molecule has 4 heterocycles. The lowest BCUT2D eigenvalue weighted by Crippen LogP contribution is -2.47. The molecule has 14 heteroatoms. The van der Waals surface area contributed by atoms with Crippen LogP contribution in [0.1, 0.15) is 50.8 Å². The van der Waals surface area contributed by atoms with Crippen LogP contribution >= 0.6 is 0 Å². The minimum Gasteiger partial charge on any atom is -0.497 e. The number of cyclic esters (lactones) is 1. The zero-order chi connectivity index (χ0) is 34.4. The number of hydrogen-bond acceptors (Lipinski definition) is 7. The van der Waals surface area contributed by atoms with Crippen LogP contribution in [0.25, 0.3) is 22.2 Å². The molecule has 254 valence electrons. The van der Waals surface area contributed by atoms with Crippen molar-refractivity contribution in [1.29, 1.82) is 0 Å². The number of piperidine rings is 1. The molecule has 6 rings (SSSR count). The number of halogens is 4. The number of anilines is 1. The van der Waals surface area contributed by atoms with Gasteiger partial charge in [-0.1, -0.05) is 30.3 Å². The first-order chi connectivity index (χ1) is 22.7. The summed E-state index contributed by atoms with van der Waals surface area (Å²) in [6, 6.07) is 15.0. The SMILES string of the molecule is COc1ccc(CN2C(=O)O[C@@H](C(F)(F)F)c3c(-c4nn(CC5(F)CCN(C(=O)OC(C)(C)C)CC5)c5ccccc45)ccnc32)cc1. The molecule has 48 heavy (non-hydrogen) atoms. The molecule has 1 fully saturated rings. The molecule has 2 aromatic heterocycles. The topological polar surface area (TPSA) is 99.0 Å². The van der Waals surface area contributed by atoms with Crippen LogP contribution in [-0.2, 0) is 22.6 Å². The molecule has 1 atom stereocenters. The first-order valence-electron chi connectivity index (χ1n) is 15.5. The second-order valence-electron chi connectivity index (χ2n) is 13.0. The van der Waals surface area contributed by atoms with Gasteiger partial charge in [0.15, 0.2) is 0 Å². The highest BCUT2D eigenvalue weighted by Gasteiger charge is 2.51. The maximum absolute atomic E-state index is 16.3. The van der Waals surface area contributed by atoms with E-state index in [4.69, 9.17) is 14.2 Å². The Balaban J connectivity index is 1.37. The van der Waals surface area contributed by atoms with Crippen molar-refractivity contribution in [2.24, 2.45) is 0 Å². The maximum Gasteiger partial charge on any atom is 0.430 e. The fraction of sp³-hybridized carbons (Fsp3) is 0.412. The molecule has 0 unspecified atom stereocenters. The first kappa shape index (κ1) is 33.0. The van der Waals surface area contributed by atoms with E-state index >= 15 is 4.39 Å². The van der Waals surface area contributed by atoms with Crippen LogP contribution in [0.15, 0.2) is 60.8 Å². The van der Waals surface area contributed by atoms with Gasteiger partial charge in [-0.25, -0.2) is 19.0 Å². The van der Waals surface area contributed by atoms with Gasteiger partial charge in [-0.3, -0.25) is 9.58 Å². The Hall–Kier alpha value is -4.88. The first-order valence-corrected chi connectivity index (χ1v) is 15.5. The number of ether oxygens (including phenoxy) is 3. The molecule has 1 saturated heterocycles. The zero-order valence-electron chi connectivity index (χ0n) is 26.9. The average Bonchev–Trinajstić information content (AvgIpc) is 3.38. The van der Waals surface area contributed by atoms with Crippen LogP contribution in [0.4, 0.5) is 33.0 Å². The highest BCUT2D eigenvalue weighted by molar-refractivity contribution is 5.97. The number of aromatic nitrogens is 3. The number of para-hydroxylation sites is 1. The summed E-state index contributed by atoms with van der Waals surface area (Å²) in [6.45, 7) is 5.24. The second-order valence-corrected chi connectivity index (χ2v) is 13.0. The van der Waals surface area contributed by atoms with Gasteiger partial charge in [0.1, 0.15) is 28.5 Å². The number of alkyl halides is 4. The minimum absolute atomic E-state index is 0.0207. The normalized spacial score (nSPS) is 18.0. The number of likely N-dealkylation sites (tertiary alicyclic amines) is 1. The van der Waals surface area contributed by atoms with Crippen molar-refractivity contribution in [3.63, 3.8) is 0 Å². The van der Waals surface area contributed by atoms with E-state index in [1.54, 1.807) is 69.3 Å². The van der Waals surface area contributed by atoms with Gasteiger partial charge in [0, 0.05) is 43.1 Å². The predicted molar refractivity (Wildman–Crippen MR) is 168 cm³/mol. The molecule has 4 aromatic rings.